The predicted octanol–water partition coefficient (Wildman–Crippen LogP) is 1.75. The van der Waals surface area contributed by atoms with Crippen LogP contribution in [0.25, 0.3) is 0 Å². The highest BCUT2D eigenvalue weighted by Gasteiger charge is 2.30. The molecular weight excluding hydrogens is 342 g/mol. The van der Waals surface area contributed by atoms with E-state index in [1.807, 2.05) is 7.05 Å². The van der Waals surface area contributed by atoms with E-state index in [9.17, 15) is 8.42 Å². The smallest absolute Gasteiger partial charge is 0.243 e. The summed E-state index contributed by atoms with van der Waals surface area (Å²) in [6.45, 7) is 1.79. The monoisotopic (exact) mass is 361 g/mol. The van der Waals surface area contributed by atoms with Gasteiger partial charge in [0.05, 0.1) is 4.90 Å². The zero-order chi connectivity index (χ0) is 14.9. The molecule has 1 aromatic carbocycles. The Labute approximate surface area is 128 Å². The van der Waals surface area contributed by atoms with Gasteiger partial charge in [0.15, 0.2) is 0 Å². The Balaban J connectivity index is 2.26. The average Bonchev–Trinajstić information content (AvgIpc) is 2.40. The summed E-state index contributed by atoms with van der Waals surface area (Å²) in [6.07, 6.45) is 1.91. The molecule has 0 amide bonds. The molecule has 0 radical (unpaired) electrons. The second-order valence-corrected chi connectivity index (χ2v) is 8.11. The van der Waals surface area contributed by atoms with Crippen LogP contribution < -0.4 is 5.73 Å². The SMILES string of the molecule is CN1CCCC(N(C)S(=O)(=O)c2ccc(Br)c(N)c2)C1. The quantitative estimate of drug-likeness (QED) is 0.832. The number of sulfonamides is 1. The van der Waals surface area contributed by atoms with Crippen molar-refractivity contribution >= 4 is 31.6 Å². The Morgan fingerprint density at radius 2 is 2.15 bits per heavy atom. The number of halogens is 1. The first-order valence-electron chi connectivity index (χ1n) is 6.54. The number of hydrogen-bond donors (Lipinski definition) is 1. The van der Waals surface area contributed by atoms with Gasteiger partial charge in [-0.05, 0) is 60.6 Å². The Morgan fingerprint density at radius 1 is 1.45 bits per heavy atom. The van der Waals surface area contributed by atoms with Gasteiger partial charge >= 0.3 is 0 Å². The molecule has 2 rings (SSSR count). The van der Waals surface area contributed by atoms with Crippen LogP contribution in [0.4, 0.5) is 5.69 Å². The van der Waals surface area contributed by atoms with E-state index in [1.54, 1.807) is 19.2 Å². The van der Waals surface area contributed by atoms with E-state index in [-0.39, 0.29) is 10.9 Å². The van der Waals surface area contributed by atoms with Gasteiger partial charge in [-0.3, -0.25) is 0 Å². The van der Waals surface area contributed by atoms with Crippen molar-refractivity contribution < 1.29 is 8.42 Å². The molecule has 112 valence electrons. The van der Waals surface area contributed by atoms with Crippen LogP contribution in [0, 0.1) is 0 Å². The van der Waals surface area contributed by atoms with E-state index in [0.717, 1.165) is 25.9 Å². The largest absolute Gasteiger partial charge is 0.398 e. The minimum Gasteiger partial charge on any atom is -0.398 e. The molecule has 1 unspecified atom stereocenters. The van der Waals surface area contributed by atoms with Crippen molar-refractivity contribution in [3.05, 3.63) is 22.7 Å². The highest BCUT2D eigenvalue weighted by atomic mass is 79.9. The Morgan fingerprint density at radius 3 is 2.75 bits per heavy atom. The summed E-state index contributed by atoms with van der Waals surface area (Å²) in [5.74, 6) is 0. The molecule has 1 saturated heterocycles. The van der Waals surface area contributed by atoms with Crippen LogP contribution in [-0.2, 0) is 10.0 Å². The zero-order valence-corrected chi connectivity index (χ0v) is 14.1. The fourth-order valence-electron chi connectivity index (χ4n) is 2.48. The van der Waals surface area contributed by atoms with Gasteiger partial charge in [0.2, 0.25) is 10.0 Å². The predicted molar refractivity (Wildman–Crippen MR) is 84.0 cm³/mol. The maximum Gasteiger partial charge on any atom is 0.243 e. The van der Waals surface area contributed by atoms with Gasteiger partial charge in [0.25, 0.3) is 0 Å². The summed E-state index contributed by atoms with van der Waals surface area (Å²) in [4.78, 5) is 2.41. The lowest BCUT2D eigenvalue weighted by molar-refractivity contribution is 0.187. The third-order valence-electron chi connectivity index (χ3n) is 3.76. The molecule has 1 aliphatic heterocycles. The molecule has 2 N–H and O–H groups in total. The van der Waals surface area contributed by atoms with Crippen LogP contribution in [0.3, 0.4) is 0 Å². The van der Waals surface area contributed by atoms with Crippen molar-refractivity contribution in [3.63, 3.8) is 0 Å². The standard InChI is InChI=1S/C13H20BrN3O2S/c1-16-7-3-4-10(9-16)17(2)20(18,19)11-5-6-12(14)13(15)8-11/h5-6,8,10H,3-4,7,9,15H2,1-2H3. The lowest BCUT2D eigenvalue weighted by Gasteiger charge is -2.35. The zero-order valence-electron chi connectivity index (χ0n) is 11.7. The summed E-state index contributed by atoms with van der Waals surface area (Å²) in [5, 5.41) is 0. The minimum atomic E-state index is -3.50. The van der Waals surface area contributed by atoms with Crippen molar-refractivity contribution in [2.24, 2.45) is 0 Å². The van der Waals surface area contributed by atoms with Crippen LogP contribution >= 0.6 is 15.9 Å². The fourth-order valence-corrected chi connectivity index (χ4v) is 4.14. The molecule has 1 heterocycles. The lowest BCUT2D eigenvalue weighted by atomic mass is 10.1. The van der Waals surface area contributed by atoms with Gasteiger partial charge in [0.1, 0.15) is 0 Å². The van der Waals surface area contributed by atoms with Crippen molar-refractivity contribution in [2.75, 3.05) is 32.9 Å². The molecule has 0 bridgehead atoms. The summed E-state index contributed by atoms with van der Waals surface area (Å²) in [7, 11) is 0.173. The van der Waals surface area contributed by atoms with E-state index in [1.165, 1.54) is 10.4 Å². The second kappa shape index (κ2) is 6.01. The Bertz CT molecular complexity index is 591. The molecule has 5 nitrogen and oxygen atoms in total. The number of likely N-dealkylation sites (tertiary alicyclic amines) is 1. The highest BCUT2D eigenvalue weighted by Crippen LogP contribution is 2.26. The summed E-state index contributed by atoms with van der Waals surface area (Å²) in [6, 6.07) is 4.77. The third kappa shape index (κ3) is 3.16. The van der Waals surface area contributed by atoms with Gasteiger partial charge in [-0.2, -0.15) is 4.31 Å². The maximum absolute atomic E-state index is 12.6. The number of nitrogens with two attached hydrogens (primary N) is 1. The first-order valence-corrected chi connectivity index (χ1v) is 8.77. The third-order valence-corrected chi connectivity index (χ3v) is 6.39. The van der Waals surface area contributed by atoms with E-state index in [2.05, 4.69) is 20.8 Å². The number of benzene rings is 1. The molecule has 0 aromatic heterocycles. The Hall–Kier alpha value is -0.630. The van der Waals surface area contributed by atoms with Crippen LogP contribution in [0.5, 0.6) is 0 Å². The molecule has 0 aliphatic carbocycles. The number of rotatable bonds is 3. The molecule has 1 fully saturated rings. The van der Waals surface area contributed by atoms with Crippen molar-refractivity contribution in [1.29, 1.82) is 0 Å². The van der Waals surface area contributed by atoms with Crippen molar-refractivity contribution in [1.82, 2.24) is 9.21 Å². The molecule has 1 aliphatic rings. The lowest BCUT2D eigenvalue weighted by Crippen LogP contribution is -2.47. The van der Waals surface area contributed by atoms with Gasteiger partial charge in [-0.25, -0.2) is 8.42 Å². The molecule has 1 atom stereocenters. The number of nitrogen functional groups attached to an aromatic ring is 1. The summed E-state index contributed by atoms with van der Waals surface area (Å²) < 4.78 is 27.5. The number of nitrogens with zero attached hydrogens (tertiary/aromatic N) is 2. The average molecular weight is 362 g/mol. The van der Waals surface area contributed by atoms with Gasteiger partial charge < -0.3 is 10.6 Å². The first kappa shape index (κ1) is 15.8. The van der Waals surface area contributed by atoms with Crippen LogP contribution in [0.1, 0.15) is 12.8 Å². The molecule has 7 heteroatoms. The molecular formula is C13H20BrN3O2S. The minimum absolute atomic E-state index is 0.0172. The highest BCUT2D eigenvalue weighted by molar-refractivity contribution is 9.10. The molecule has 20 heavy (non-hydrogen) atoms. The number of hydrogen-bond acceptors (Lipinski definition) is 4. The van der Waals surface area contributed by atoms with Crippen molar-refractivity contribution in [2.45, 2.75) is 23.8 Å². The topological polar surface area (TPSA) is 66.6 Å². The number of anilines is 1. The van der Waals surface area contributed by atoms with E-state index in [4.69, 9.17) is 5.73 Å². The number of likely N-dealkylation sites (N-methyl/N-ethyl adjacent to an activating group) is 2. The van der Waals surface area contributed by atoms with Gasteiger partial charge in [-0.15, -0.1) is 0 Å². The maximum atomic E-state index is 12.6. The molecule has 0 saturated carbocycles. The fraction of sp³-hybridized carbons (Fsp3) is 0.538. The summed E-state index contributed by atoms with van der Waals surface area (Å²) in [5.41, 5.74) is 6.21. The van der Waals surface area contributed by atoms with Gasteiger partial charge in [0, 0.05) is 29.8 Å². The van der Waals surface area contributed by atoms with E-state index in [0.29, 0.717) is 10.2 Å². The number of piperidine rings is 1. The van der Waals surface area contributed by atoms with E-state index < -0.39 is 10.0 Å². The molecule has 0 spiro atoms. The van der Waals surface area contributed by atoms with E-state index >= 15 is 0 Å². The second-order valence-electron chi connectivity index (χ2n) is 5.26. The van der Waals surface area contributed by atoms with Crippen LogP contribution in [0.15, 0.2) is 27.6 Å². The summed E-state index contributed by atoms with van der Waals surface area (Å²) >= 11 is 3.28. The van der Waals surface area contributed by atoms with Crippen LogP contribution in [-0.4, -0.2) is 50.8 Å². The first-order chi connectivity index (χ1) is 9.32. The van der Waals surface area contributed by atoms with Crippen LogP contribution in [0.2, 0.25) is 0 Å². The Kier molecular flexibility index (Phi) is 4.73. The molecule has 1 aromatic rings. The normalized spacial score (nSPS) is 21.3. The van der Waals surface area contributed by atoms with Crippen molar-refractivity contribution in [3.8, 4) is 0 Å². The van der Waals surface area contributed by atoms with Gasteiger partial charge in [-0.1, -0.05) is 0 Å².